The quantitative estimate of drug-likeness (QED) is 0.875. The second-order valence-electron chi connectivity index (χ2n) is 4.24. The number of rotatable bonds is 4. The van der Waals surface area contributed by atoms with Crippen LogP contribution in [0.3, 0.4) is 0 Å². The van der Waals surface area contributed by atoms with E-state index in [2.05, 4.69) is 21.2 Å². The van der Waals surface area contributed by atoms with Crippen molar-refractivity contribution in [3.8, 4) is 5.75 Å². The zero-order valence-corrected chi connectivity index (χ0v) is 12.4. The summed E-state index contributed by atoms with van der Waals surface area (Å²) in [4.78, 5) is 0. The molecule has 0 saturated heterocycles. The largest absolute Gasteiger partial charge is 0.494 e. The molecule has 0 amide bonds. The first-order valence-electron chi connectivity index (χ1n) is 5.96. The molecule has 0 bridgehead atoms. The van der Waals surface area contributed by atoms with Gasteiger partial charge in [0, 0.05) is 16.2 Å². The lowest BCUT2D eigenvalue weighted by Gasteiger charge is -2.17. The second-order valence-corrected chi connectivity index (χ2v) is 5.09. The minimum atomic E-state index is -0.347. The first-order valence-corrected chi connectivity index (χ1v) is 6.75. The Kier molecular flexibility index (Phi) is 4.43. The predicted octanol–water partition coefficient (Wildman–Crippen LogP) is 4.77. The molecule has 0 aliphatic carbocycles. The number of methoxy groups -OCH3 is 1. The number of para-hydroxylation sites is 1. The van der Waals surface area contributed by atoms with Crippen LogP contribution in [0.5, 0.6) is 5.75 Å². The van der Waals surface area contributed by atoms with Crippen molar-refractivity contribution in [1.29, 1.82) is 0 Å². The van der Waals surface area contributed by atoms with Crippen molar-refractivity contribution in [3.63, 3.8) is 0 Å². The molecular formula is C15H15BrFNO. The van der Waals surface area contributed by atoms with Crippen LogP contribution in [0.4, 0.5) is 10.1 Å². The lowest BCUT2D eigenvalue weighted by Crippen LogP contribution is -2.07. The number of ether oxygens (including phenoxy) is 1. The molecule has 1 N–H and O–H groups in total. The van der Waals surface area contributed by atoms with E-state index >= 15 is 0 Å². The van der Waals surface area contributed by atoms with Gasteiger partial charge in [-0.15, -0.1) is 0 Å². The third-order valence-electron chi connectivity index (χ3n) is 2.92. The third-order valence-corrected chi connectivity index (χ3v) is 3.61. The van der Waals surface area contributed by atoms with E-state index in [-0.39, 0.29) is 17.6 Å². The third kappa shape index (κ3) is 3.26. The maximum absolute atomic E-state index is 13.7. The molecule has 100 valence electrons. The fraction of sp³-hybridized carbons (Fsp3) is 0.200. The summed E-state index contributed by atoms with van der Waals surface area (Å²) in [5.41, 5.74) is 1.85. The molecule has 0 heterocycles. The molecule has 0 fully saturated rings. The number of halogens is 2. The molecule has 4 heteroatoms. The van der Waals surface area contributed by atoms with E-state index in [9.17, 15) is 4.39 Å². The molecule has 0 aromatic heterocycles. The molecule has 2 aromatic rings. The first-order chi connectivity index (χ1) is 9.11. The highest BCUT2D eigenvalue weighted by Gasteiger charge is 2.10. The molecule has 2 nitrogen and oxygen atoms in total. The van der Waals surface area contributed by atoms with Gasteiger partial charge in [-0.3, -0.25) is 0 Å². The highest BCUT2D eigenvalue weighted by molar-refractivity contribution is 9.10. The average molecular weight is 324 g/mol. The van der Waals surface area contributed by atoms with Crippen LogP contribution in [0.25, 0.3) is 0 Å². The van der Waals surface area contributed by atoms with Gasteiger partial charge in [0.2, 0.25) is 0 Å². The maximum atomic E-state index is 13.7. The van der Waals surface area contributed by atoms with Gasteiger partial charge >= 0.3 is 0 Å². The van der Waals surface area contributed by atoms with E-state index in [0.717, 1.165) is 15.7 Å². The number of benzene rings is 2. The normalized spacial score (nSPS) is 12.0. The lowest BCUT2D eigenvalue weighted by atomic mass is 10.1. The Bertz CT molecular complexity index is 574. The first kappa shape index (κ1) is 13.9. The minimum Gasteiger partial charge on any atom is -0.494 e. The van der Waals surface area contributed by atoms with Crippen molar-refractivity contribution in [2.24, 2.45) is 0 Å². The van der Waals surface area contributed by atoms with Gasteiger partial charge in [-0.05, 0) is 52.7 Å². The van der Waals surface area contributed by atoms with Crippen LogP contribution in [0.1, 0.15) is 18.5 Å². The monoisotopic (exact) mass is 323 g/mol. The maximum Gasteiger partial charge on any atom is 0.165 e. The molecular weight excluding hydrogens is 309 g/mol. The van der Waals surface area contributed by atoms with Gasteiger partial charge in [0.15, 0.2) is 11.6 Å². The van der Waals surface area contributed by atoms with Gasteiger partial charge in [0.25, 0.3) is 0 Å². The van der Waals surface area contributed by atoms with E-state index < -0.39 is 0 Å². The van der Waals surface area contributed by atoms with Crippen LogP contribution in [-0.2, 0) is 0 Å². The molecule has 0 saturated carbocycles. The summed E-state index contributed by atoms with van der Waals surface area (Å²) in [6.45, 7) is 1.99. The second kappa shape index (κ2) is 6.06. The molecule has 2 aromatic carbocycles. The van der Waals surface area contributed by atoms with E-state index in [1.807, 2.05) is 37.3 Å². The lowest BCUT2D eigenvalue weighted by molar-refractivity contribution is 0.386. The fourth-order valence-electron chi connectivity index (χ4n) is 1.85. The zero-order valence-electron chi connectivity index (χ0n) is 10.8. The summed E-state index contributed by atoms with van der Waals surface area (Å²) in [7, 11) is 1.46. The Balaban J connectivity index is 2.18. The zero-order chi connectivity index (χ0) is 13.8. The van der Waals surface area contributed by atoms with Gasteiger partial charge in [0.05, 0.1) is 7.11 Å². The summed E-state index contributed by atoms with van der Waals surface area (Å²) in [5, 5.41) is 3.34. The van der Waals surface area contributed by atoms with Crippen molar-refractivity contribution in [2.45, 2.75) is 13.0 Å². The summed E-state index contributed by atoms with van der Waals surface area (Å²) in [6.07, 6.45) is 0. The molecule has 2 rings (SSSR count). The molecule has 1 unspecified atom stereocenters. The predicted molar refractivity (Wildman–Crippen MR) is 79.1 cm³/mol. The number of nitrogens with one attached hydrogen (secondary N) is 1. The molecule has 0 radical (unpaired) electrons. The summed E-state index contributed by atoms with van der Waals surface area (Å²) in [6, 6.07) is 12.8. The minimum absolute atomic E-state index is 0.000828. The van der Waals surface area contributed by atoms with Crippen LogP contribution in [0.15, 0.2) is 46.9 Å². The van der Waals surface area contributed by atoms with E-state index in [4.69, 9.17) is 4.74 Å². The molecule has 1 atom stereocenters. The van der Waals surface area contributed by atoms with Crippen molar-refractivity contribution < 1.29 is 9.13 Å². The summed E-state index contributed by atoms with van der Waals surface area (Å²) >= 11 is 3.48. The van der Waals surface area contributed by atoms with Gasteiger partial charge in [-0.1, -0.05) is 18.2 Å². The Morgan fingerprint density at radius 3 is 2.58 bits per heavy atom. The number of hydrogen-bond acceptors (Lipinski definition) is 2. The van der Waals surface area contributed by atoms with Crippen molar-refractivity contribution >= 4 is 21.6 Å². The van der Waals surface area contributed by atoms with Crippen LogP contribution >= 0.6 is 15.9 Å². The van der Waals surface area contributed by atoms with Gasteiger partial charge in [0.1, 0.15) is 0 Å². The van der Waals surface area contributed by atoms with E-state index in [1.54, 1.807) is 6.07 Å². The van der Waals surface area contributed by atoms with Gasteiger partial charge in [-0.25, -0.2) is 4.39 Å². The molecule has 0 spiro atoms. The standard InChI is InChI=1S/C15H15BrFNO/c1-10(18-14-6-4-3-5-12(14)16)11-7-8-15(19-2)13(17)9-11/h3-10,18H,1-2H3. The molecule has 19 heavy (non-hydrogen) atoms. The van der Waals surface area contributed by atoms with Crippen LogP contribution in [0, 0.1) is 5.82 Å². The van der Waals surface area contributed by atoms with Crippen molar-refractivity contribution in [2.75, 3.05) is 12.4 Å². The number of anilines is 1. The van der Waals surface area contributed by atoms with Crippen molar-refractivity contribution in [3.05, 3.63) is 58.3 Å². The van der Waals surface area contributed by atoms with Gasteiger partial charge in [-0.2, -0.15) is 0 Å². The summed E-state index contributed by atoms with van der Waals surface area (Å²) in [5.74, 6) is -0.0855. The van der Waals surface area contributed by atoms with E-state index in [0.29, 0.717) is 0 Å². The smallest absolute Gasteiger partial charge is 0.165 e. The Morgan fingerprint density at radius 2 is 1.95 bits per heavy atom. The van der Waals surface area contributed by atoms with Gasteiger partial charge < -0.3 is 10.1 Å². The number of hydrogen-bond donors (Lipinski definition) is 1. The Hall–Kier alpha value is -1.55. The highest BCUT2D eigenvalue weighted by Crippen LogP contribution is 2.28. The Morgan fingerprint density at radius 1 is 1.21 bits per heavy atom. The van der Waals surface area contributed by atoms with Crippen molar-refractivity contribution in [1.82, 2.24) is 0 Å². The molecule has 0 aliphatic heterocycles. The van der Waals surface area contributed by atoms with Crippen LogP contribution in [0.2, 0.25) is 0 Å². The highest BCUT2D eigenvalue weighted by atomic mass is 79.9. The average Bonchev–Trinajstić information content (AvgIpc) is 2.41. The molecule has 0 aliphatic rings. The topological polar surface area (TPSA) is 21.3 Å². The summed E-state index contributed by atoms with van der Waals surface area (Å²) < 4.78 is 19.6. The fourth-order valence-corrected chi connectivity index (χ4v) is 2.25. The Labute approximate surface area is 120 Å². The van der Waals surface area contributed by atoms with E-state index in [1.165, 1.54) is 13.2 Å². The van der Waals surface area contributed by atoms with Crippen LogP contribution in [-0.4, -0.2) is 7.11 Å². The SMILES string of the molecule is COc1ccc(C(C)Nc2ccccc2Br)cc1F. The van der Waals surface area contributed by atoms with Crippen LogP contribution < -0.4 is 10.1 Å².